The molecule has 0 spiro atoms. The Labute approximate surface area is 175 Å². The van der Waals surface area contributed by atoms with Gasteiger partial charge in [0.15, 0.2) is 0 Å². The lowest BCUT2D eigenvalue weighted by molar-refractivity contribution is -0.0766. The van der Waals surface area contributed by atoms with Gasteiger partial charge in [0.25, 0.3) is 0 Å². The Hall–Kier alpha value is -1.43. The van der Waals surface area contributed by atoms with Gasteiger partial charge in [-0.25, -0.2) is 0 Å². The molecule has 3 nitrogen and oxygen atoms in total. The molecule has 0 amide bonds. The molecule has 4 heterocycles. The van der Waals surface area contributed by atoms with E-state index in [1.165, 1.54) is 52.7 Å². The van der Waals surface area contributed by atoms with Gasteiger partial charge in [0.05, 0.1) is 24.1 Å². The normalized spacial score (nSPS) is 25.2. The van der Waals surface area contributed by atoms with Crippen molar-refractivity contribution in [2.45, 2.75) is 55.2 Å². The van der Waals surface area contributed by atoms with Crippen LogP contribution in [0.2, 0.25) is 0 Å². The fourth-order valence-corrected chi connectivity index (χ4v) is 5.91. The molecular weight excluding hydrogens is 363 g/mol. The van der Waals surface area contributed by atoms with Crippen molar-refractivity contribution in [2.24, 2.45) is 5.92 Å². The number of ether oxygens (including phenoxy) is 1. The third-order valence-electron chi connectivity index (χ3n) is 6.21. The predicted molar refractivity (Wildman–Crippen MR) is 118 cm³/mol. The topological polar surface area (TPSA) is 15.7 Å². The lowest BCUT2D eigenvalue weighted by Crippen LogP contribution is -2.51. The minimum absolute atomic E-state index is 0. The highest BCUT2D eigenvalue weighted by molar-refractivity contribution is 7.99. The summed E-state index contributed by atoms with van der Waals surface area (Å²) in [5.41, 5.74) is 3.93. The number of nitrogens with zero attached hydrogens (tertiary/aromatic N) is 2. The van der Waals surface area contributed by atoms with E-state index in [4.69, 9.17) is 4.74 Å². The maximum Gasteiger partial charge on any atom is 0.0735 e. The van der Waals surface area contributed by atoms with Gasteiger partial charge >= 0.3 is 0 Å². The molecule has 2 aromatic carbocycles. The van der Waals surface area contributed by atoms with Crippen molar-refractivity contribution >= 4 is 31.5 Å². The SMILES string of the molecule is CC(C)N1c2ccccc2Sc2cc(COC3CN4CCC3CC4)ccc21.[B]. The zero-order valence-electron chi connectivity index (χ0n) is 16.8. The average Bonchev–Trinajstić information content (AvgIpc) is 2.71. The number of anilines is 2. The van der Waals surface area contributed by atoms with E-state index in [1.807, 2.05) is 11.8 Å². The van der Waals surface area contributed by atoms with E-state index in [-0.39, 0.29) is 8.41 Å². The zero-order valence-corrected chi connectivity index (χ0v) is 17.6. The van der Waals surface area contributed by atoms with Crippen LogP contribution in [-0.2, 0) is 11.3 Å². The van der Waals surface area contributed by atoms with Crippen LogP contribution in [0.1, 0.15) is 32.3 Å². The Morgan fingerprint density at radius 3 is 2.50 bits per heavy atom. The summed E-state index contributed by atoms with van der Waals surface area (Å²) in [6, 6.07) is 16.0. The second kappa shape index (κ2) is 8.13. The summed E-state index contributed by atoms with van der Waals surface area (Å²) in [7, 11) is 0. The van der Waals surface area contributed by atoms with Crippen molar-refractivity contribution in [3.63, 3.8) is 0 Å². The largest absolute Gasteiger partial charge is 0.372 e. The Morgan fingerprint density at radius 2 is 1.79 bits per heavy atom. The summed E-state index contributed by atoms with van der Waals surface area (Å²) in [6.45, 7) is 8.92. The van der Waals surface area contributed by atoms with E-state index in [0.717, 1.165) is 19.1 Å². The number of fused-ring (bicyclic) bond motifs is 5. The van der Waals surface area contributed by atoms with E-state index >= 15 is 0 Å². The first-order chi connectivity index (χ1) is 13.2. The van der Waals surface area contributed by atoms with Gasteiger partial charge in [0.1, 0.15) is 0 Å². The predicted octanol–water partition coefficient (Wildman–Crippen LogP) is 4.93. The van der Waals surface area contributed by atoms with Crippen molar-refractivity contribution in [1.29, 1.82) is 0 Å². The van der Waals surface area contributed by atoms with Gasteiger partial charge in [0.2, 0.25) is 0 Å². The quantitative estimate of drug-likeness (QED) is 0.687. The molecule has 145 valence electrons. The third-order valence-corrected chi connectivity index (χ3v) is 7.32. The lowest BCUT2D eigenvalue weighted by atomic mass is 9.86. The first-order valence-electron chi connectivity index (χ1n) is 10.2. The molecular formula is C23H28BN2OS. The molecule has 28 heavy (non-hydrogen) atoms. The van der Waals surface area contributed by atoms with Gasteiger partial charge in [-0.05, 0) is 75.5 Å². The fraction of sp³-hybridized carbons (Fsp3) is 0.478. The van der Waals surface area contributed by atoms with Crippen LogP contribution in [0.3, 0.4) is 0 Å². The van der Waals surface area contributed by atoms with Crippen LogP contribution in [0.4, 0.5) is 11.4 Å². The van der Waals surface area contributed by atoms with Crippen LogP contribution in [0, 0.1) is 5.92 Å². The molecule has 2 aromatic rings. The minimum atomic E-state index is 0. The highest BCUT2D eigenvalue weighted by Crippen LogP contribution is 2.49. The molecule has 6 rings (SSSR count). The molecule has 2 bridgehead atoms. The number of hydrogen-bond donors (Lipinski definition) is 0. The number of piperidine rings is 3. The van der Waals surface area contributed by atoms with Gasteiger partial charge in [0, 0.05) is 30.8 Å². The van der Waals surface area contributed by atoms with Crippen LogP contribution >= 0.6 is 11.8 Å². The molecule has 4 aliphatic rings. The van der Waals surface area contributed by atoms with E-state index in [0.29, 0.717) is 12.1 Å². The van der Waals surface area contributed by atoms with Gasteiger partial charge in [-0.3, -0.25) is 0 Å². The van der Waals surface area contributed by atoms with E-state index in [2.05, 4.69) is 66.1 Å². The summed E-state index contributed by atoms with van der Waals surface area (Å²) in [5, 5.41) is 0. The second-order valence-electron chi connectivity index (χ2n) is 8.32. The first kappa shape index (κ1) is 19.9. The smallest absolute Gasteiger partial charge is 0.0735 e. The Balaban J connectivity index is 0.00000192. The van der Waals surface area contributed by atoms with Gasteiger partial charge in [-0.1, -0.05) is 30.0 Å². The number of rotatable bonds is 4. The van der Waals surface area contributed by atoms with Crippen molar-refractivity contribution in [1.82, 2.24) is 4.90 Å². The highest BCUT2D eigenvalue weighted by Gasteiger charge is 2.34. The maximum atomic E-state index is 6.37. The van der Waals surface area contributed by atoms with E-state index < -0.39 is 0 Å². The number of hydrogen-bond acceptors (Lipinski definition) is 4. The van der Waals surface area contributed by atoms with Gasteiger partial charge in [-0.15, -0.1) is 0 Å². The molecule has 0 aromatic heterocycles. The first-order valence-corrected chi connectivity index (χ1v) is 11.0. The summed E-state index contributed by atoms with van der Waals surface area (Å²) in [4.78, 5) is 7.70. The third kappa shape index (κ3) is 3.60. The number of para-hydroxylation sites is 1. The van der Waals surface area contributed by atoms with Crippen LogP contribution < -0.4 is 4.90 Å². The Morgan fingerprint density at radius 1 is 1.04 bits per heavy atom. The number of benzene rings is 2. The second-order valence-corrected chi connectivity index (χ2v) is 9.41. The van der Waals surface area contributed by atoms with Crippen LogP contribution in [0.15, 0.2) is 52.3 Å². The molecule has 1 unspecified atom stereocenters. The summed E-state index contributed by atoms with van der Waals surface area (Å²) < 4.78 is 6.37. The molecule has 0 N–H and O–H groups in total. The summed E-state index contributed by atoms with van der Waals surface area (Å²) in [5.74, 6) is 0.769. The Bertz CT molecular complexity index is 835. The van der Waals surface area contributed by atoms with Crippen molar-refractivity contribution in [2.75, 3.05) is 24.5 Å². The zero-order chi connectivity index (χ0) is 18.4. The molecule has 0 aliphatic carbocycles. The van der Waals surface area contributed by atoms with Gasteiger partial charge < -0.3 is 14.5 Å². The van der Waals surface area contributed by atoms with Crippen LogP contribution in [-0.4, -0.2) is 45.1 Å². The summed E-state index contributed by atoms with van der Waals surface area (Å²) in [6.07, 6.45) is 3.04. The molecule has 3 saturated heterocycles. The fourth-order valence-electron chi connectivity index (χ4n) is 4.78. The minimum Gasteiger partial charge on any atom is -0.372 e. The van der Waals surface area contributed by atoms with Crippen molar-refractivity contribution in [3.8, 4) is 0 Å². The van der Waals surface area contributed by atoms with Crippen LogP contribution in [0.25, 0.3) is 0 Å². The standard InChI is InChI=1S/C23H28N2OS.B/c1-16(2)25-19-5-3-4-6-22(19)27-23-13-17(7-8-20(23)25)15-26-21-14-24-11-9-18(21)10-12-24;/h3-8,13,16,18,21H,9-12,14-15H2,1-2H3;. The molecule has 5 heteroatoms. The lowest BCUT2D eigenvalue weighted by Gasteiger charge is -2.44. The molecule has 3 radical (unpaired) electrons. The maximum absolute atomic E-state index is 6.37. The average molecular weight is 391 g/mol. The summed E-state index contributed by atoms with van der Waals surface area (Å²) >= 11 is 1.89. The van der Waals surface area contributed by atoms with E-state index in [9.17, 15) is 0 Å². The highest BCUT2D eigenvalue weighted by atomic mass is 32.2. The van der Waals surface area contributed by atoms with Crippen molar-refractivity contribution in [3.05, 3.63) is 48.0 Å². The Kier molecular flexibility index (Phi) is 5.77. The van der Waals surface area contributed by atoms with Gasteiger partial charge in [-0.2, -0.15) is 0 Å². The van der Waals surface area contributed by atoms with Crippen LogP contribution in [0.5, 0.6) is 0 Å². The molecule has 0 saturated carbocycles. The van der Waals surface area contributed by atoms with E-state index in [1.54, 1.807) is 0 Å². The monoisotopic (exact) mass is 391 g/mol. The molecule has 3 fully saturated rings. The molecule has 4 aliphatic heterocycles. The van der Waals surface area contributed by atoms with Crippen molar-refractivity contribution < 1.29 is 4.74 Å². The molecule has 1 atom stereocenters.